The zero-order valence-corrected chi connectivity index (χ0v) is 19.7. The molecular formula is C23H23Cl2N5O3. The fourth-order valence-electron chi connectivity index (χ4n) is 3.56. The van der Waals surface area contributed by atoms with Crippen LogP contribution in [0.4, 0.5) is 16.3 Å². The number of ether oxygens (including phenoxy) is 2. The van der Waals surface area contributed by atoms with Gasteiger partial charge in [-0.15, -0.1) is 10.2 Å². The van der Waals surface area contributed by atoms with Gasteiger partial charge in [0, 0.05) is 37.4 Å². The van der Waals surface area contributed by atoms with Crippen molar-refractivity contribution in [2.45, 2.75) is 0 Å². The third kappa shape index (κ3) is 5.23. The largest absolute Gasteiger partial charge is 0.493 e. The Hall–Kier alpha value is -3.23. The number of halogens is 2. The molecule has 0 unspecified atom stereocenters. The Morgan fingerprint density at radius 2 is 1.64 bits per heavy atom. The first-order chi connectivity index (χ1) is 16.0. The monoisotopic (exact) mass is 487 g/mol. The molecule has 0 spiro atoms. The number of rotatable bonds is 5. The number of urea groups is 1. The van der Waals surface area contributed by atoms with Gasteiger partial charge >= 0.3 is 6.03 Å². The lowest BCUT2D eigenvalue weighted by Gasteiger charge is -2.35. The molecule has 0 bridgehead atoms. The highest BCUT2D eigenvalue weighted by Crippen LogP contribution is 2.31. The molecule has 1 N–H and O–H groups in total. The Morgan fingerprint density at radius 1 is 0.879 bits per heavy atom. The highest BCUT2D eigenvalue weighted by Gasteiger charge is 2.22. The van der Waals surface area contributed by atoms with Crippen LogP contribution in [-0.4, -0.2) is 61.5 Å². The standard InChI is InChI=1S/C23H23Cl2N5O3/c1-32-20-7-3-15(13-21(20)33-2)19-6-8-22(28-27-19)29-9-11-30(12-10-29)23(31)26-16-4-5-17(24)18(25)14-16/h3-8,13-14H,9-12H2,1-2H3,(H,26,31). The maximum absolute atomic E-state index is 12.6. The Bertz CT molecular complexity index is 1140. The van der Waals surface area contributed by atoms with Crippen molar-refractivity contribution >= 4 is 40.7 Å². The summed E-state index contributed by atoms with van der Waals surface area (Å²) < 4.78 is 10.6. The molecule has 2 amide bonds. The Balaban J connectivity index is 1.36. The molecule has 8 nitrogen and oxygen atoms in total. The van der Waals surface area contributed by atoms with Crippen LogP contribution in [0.2, 0.25) is 10.0 Å². The highest BCUT2D eigenvalue weighted by atomic mass is 35.5. The topological polar surface area (TPSA) is 79.8 Å². The quantitative estimate of drug-likeness (QED) is 0.555. The van der Waals surface area contributed by atoms with E-state index >= 15 is 0 Å². The molecule has 1 saturated heterocycles. The van der Waals surface area contributed by atoms with E-state index in [0.29, 0.717) is 53.4 Å². The van der Waals surface area contributed by atoms with E-state index in [1.54, 1.807) is 37.3 Å². The van der Waals surface area contributed by atoms with E-state index in [9.17, 15) is 4.79 Å². The maximum Gasteiger partial charge on any atom is 0.321 e. The average Bonchev–Trinajstić information content (AvgIpc) is 2.86. The smallest absolute Gasteiger partial charge is 0.321 e. The fourth-order valence-corrected chi connectivity index (χ4v) is 3.86. The van der Waals surface area contributed by atoms with Gasteiger partial charge in [-0.2, -0.15) is 0 Å². The number of carbonyl (C=O) groups is 1. The summed E-state index contributed by atoms with van der Waals surface area (Å²) in [7, 11) is 3.20. The number of piperazine rings is 1. The van der Waals surface area contributed by atoms with Crippen molar-refractivity contribution < 1.29 is 14.3 Å². The van der Waals surface area contributed by atoms with Crippen molar-refractivity contribution in [1.82, 2.24) is 15.1 Å². The van der Waals surface area contributed by atoms with Gasteiger partial charge in [-0.1, -0.05) is 23.2 Å². The van der Waals surface area contributed by atoms with E-state index in [0.717, 1.165) is 17.1 Å². The molecule has 2 heterocycles. The molecule has 1 aliphatic heterocycles. The van der Waals surface area contributed by atoms with E-state index in [1.165, 1.54) is 0 Å². The molecule has 1 aromatic heterocycles. The molecule has 1 fully saturated rings. The Labute approximate surface area is 202 Å². The number of anilines is 2. The zero-order valence-electron chi connectivity index (χ0n) is 18.2. The van der Waals surface area contributed by atoms with E-state index in [4.69, 9.17) is 32.7 Å². The van der Waals surface area contributed by atoms with Crippen LogP contribution in [0.15, 0.2) is 48.5 Å². The first-order valence-electron chi connectivity index (χ1n) is 10.3. The molecule has 10 heteroatoms. The summed E-state index contributed by atoms with van der Waals surface area (Å²) in [6, 6.07) is 14.3. The van der Waals surface area contributed by atoms with Crippen molar-refractivity contribution in [2.24, 2.45) is 0 Å². The van der Waals surface area contributed by atoms with Crippen LogP contribution in [0.1, 0.15) is 0 Å². The normalized spacial score (nSPS) is 13.6. The first-order valence-corrected chi connectivity index (χ1v) is 11.1. The van der Waals surface area contributed by atoms with E-state index in [-0.39, 0.29) is 6.03 Å². The summed E-state index contributed by atoms with van der Waals surface area (Å²) in [5, 5.41) is 12.5. The number of amides is 2. The number of nitrogens with one attached hydrogen (secondary N) is 1. The fraction of sp³-hybridized carbons (Fsp3) is 0.261. The van der Waals surface area contributed by atoms with E-state index < -0.39 is 0 Å². The Morgan fingerprint density at radius 3 is 2.27 bits per heavy atom. The van der Waals surface area contributed by atoms with Gasteiger partial charge in [0.25, 0.3) is 0 Å². The van der Waals surface area contributed by atoms with Gasteiger partial charge in [0.1, 0.15) is 0 Å². The number of carbonyl (C=O) groups excluding carboxylic acids is 1. The summed E-state index contributed by atoms with van der Waals surface area (Å²) in [5.41, 5.74) is 2.23. The number of aromatic nitrogens is 2. The molecule has 4 rings (SSSR count). The lowest BCUT2D eigenvalue weighted by atomic mass is 10.1. The maximum atomic E-state index is 12.6. The summed E-state index contributed by atoms with van der Waals surface area (Å²) in [5.74, 6) is 2.06. The van der Waals surface area contributed by atoms with Gasteiger partial charge in [0.05, 0.1) is 30.0 Å². The van der Waals surface area contributed by atoms with E-state index in [2.05, 4.69) is 20.4 Å². The van der Waals surface area contributed by atoms with Crippen LogP contribution in [0.3, 0.4) is 0 Å². The number of hydrogen-bond acceptors (Lipinski definition) is 6. The van der Waals surface area contributed by atoms with Crippen LogP contribution in [0, 0.1) is 0 Å². The second-order valence-electron chi connectivity index (χ2n) is 7.38. The van der Waals surface area contributed by atoms with Gasteiger partial charge in [-0.25, -0.2) is 4.79 Å². The molecule has 2 aromatic carbocycles. The van der Waals surface area contributed by atoms with Gasteiger partial charge in [0.2, 0.25) is 0 Å². The average molecular weight is 488 g/mol. The molecular weight excluding hydrogens is 465 g/mol. The van der Waals surface area contributed by atoms with Gasteiger partial charge < -0.3 is 24.6 Å². The summed E-state index contributed by atoms with van der Waals surface area (Å²) in [6.45, 7) is 2.43. The molecule has 1 aliphatic rings. The molecule has 0 atom stereocenters. The first kappa shape index (κ1) is 22.9. The Kier molecular flexibility index (Phi) is 7.05. The van der Waals surface area contributed by atoms with Crippen molar-refractivity contribution in [3.8, 4) is 22.8 Å². The van der Waals surface area contributed by atoms with Crippen molar-refractivity contribution in [3.05, 3.63) is 58.6 Å². The predicted molar refractivity (Wildman–Crippen MR) is 130 cm³/mol. The van der Waals surface area contributed by atoms with Crippen molar-refractivity contribution in [1.29, 1.82) is 0 Å². The molecule has 33 heavy (non-hydrogen) atoms. The summed E-state index contributed by atoms with van der Waals surface area (Å²) in [6.07, 6.45) is 0. The minimum atomic E-state index is -0.178. The second-order valence-corrected chi connectivity index (χ2v) is 8.19. The number of methoxy groups -OCH3 is 2. The van der Waals surface area contributed by atoms with Crippen LogP contribution in [0.25, 0.3) is 11.3 Å². The minimum absolute atomic E-state index is 0.178. The van der Waals surface area contributed by atoms with Gasteiger partial charge in [-0.3, -0.25) is 0 Å². The summed E-state index contributed by atoms with van der Waals surface area (Å²) >= 11 is 11.9. The van der Waals surface area contributed by atoms with Crippen LogP contribution in [-0.2, 0) is 0 Å². The number of benzene rings is 2. The van der Waals surface area contributed by atoms with E-state index in [1.807, 2.05) is 30.3 Å². The van der Waals surface area contributed by atoms with Crippen molar-refractivity contribution in [3.63, 3.8) is 0 Å². The van der Waals surface area contributed by atoms with Crippen LogP contribution >= 0.6 is 23.2 Å². The molecule has 0 radical (unpaired) electrons. The van der Waals surface area contributed by atoms with Gasteiger partial charge in [-0.05, 0) is 48.5 Å². The van der Waals surface area contributed by atoms with Crippen molar-refractivity contribution in [2.75, 3.05) is 50.6 Å². The number of nitrogens with zero attached hydrogens (tertiary/aromatic N) is 4. The van der Waals surface area contributed by atoms with Crippen LogP contribution < -0.4 is 19.7 Å². The summed E-state index contributed by atoms with van der Waals surface area (Å²) in [4.78, 5) is 16.4. The second kappa shape index (κ2) is 10.1. The lowest BCUT2D eigenvalue weighted by Crippen LogP contribution is -2.50. The third-order valence-corrected chi connectivity index (χ3v) is 6.13. The molecule has 0 aliphatic carbocycles. The zero-order chi connectivity index (χ0) is 23.4. The highest BCUT2D eigenvalue weighted by molar-refractivity contribution is 6.42. The number of hydrogen-bond donors (Lipinski definition) is 1. The molecule has 3 aromatic rings. The molecule has 172 valence electrons. The van der Waals surface area contributed by atoms with Gasteiger partial charge in [0.15, 0.2) is 17.3 Å². The molecule has 0 saturated carbocycles. The predicted octanol–water partition coefficient (Wildman–Crippen LogP) is 4.82. The lowest BCUT2D eigenvalue weighted by molar-refractivity contribution is 0.208. The minimum Gasteiger partial charge on any atom is -0.493 e. The third-order valence-electron chi connectivity index (χ3n) is 5.39. The van der Waals surface area contributed by atoms with Crippen LogP contribution in [0.5, 0.6) is 11.5 Å². The SMILES string of the molecule is COc1ccc(-c2ccc(N3CCN(C(=O)Nc4ccc(Cl)c(Cl)c4)CC3)nn2)cc1OC.